The van der Waals surface area contributed by atoms with Gasteiger partial charge < -0.3 is 0 Å². The monoisotopic (exact) mass is 388 g/mol. The molecule has 0 atom stereocenters. The second-order valence-corrected chi connectivity index (χ2v) is 6.63. The molecule has 0 N–H and O–H groups in total. The molecule has 2 amide bonds. The second-order valence-electron chi connectivity index (χ2n) is 5.77. The van der Waals surface area contributed by atoms with Gasteiger partial charge in [-0.25, -0.2) is 4.90 Å². The lowest BCUT2D eigenvalue weighted by Gasteiger charge is -2.17. The van der Waals surface area contributed by atoms with Crippen LogP contribution in [0.5, 0.6) is 0 Å². The van der Waals surface area contributed by atoms with Crippen LogP contribution in [0.3, 0.4) is 0 Å². The van der Waals surface area contributed by atoms with Crippen LogP contribution in [0.15, 0.2) is 40.9 Å². The van der Waals surface area contributed by atoms with E-state index >= 15 is 0 Å². The Morgan fingerprint density at radius 3 is 2.08 bits per heavy atom. The molecule has 1 aliphatic heterocycles. The first-order valence-corrected chi connectivity index (χ1v) is 8.08. The van der Waals surface area contributed by atoms with Crippen LogP contribution in [0.1, 0.15) is 46.0 Å². The minimum atomic E-state index is -0.574. The third-order valence-electron chi connectivity index (χ3n) is 3.95. The number of carbonyl (C=O) groups excluding carboxylic acids is 2. The lowest BCUT2D eigenvalue weighted by atomic mass is 10.0. The van der Waals surface area contributed by atoms with Gasteiger partial charge in [0.2, 0.25) is 0 Å². The number of hydrogen-bond donors (Lipinski definition) is 0. The summed E-state index contributed by atoms with van der Waals surface area (Å²) >= 11 is 3.29. The Balaban J connectivity index is 2.23. The highest BCUT2D eigenvalue weighted by atomic mass is 79.9. The van der Waals surface area contributed by atoms with Crippen LogP contribution in [0.4, 0.5) is 11.4 Å². The molecular formula is C17H13BrN2O4. The Morgan fingerprint density at radius 1 is 1.08 bits per heavy atom. The first-order chi connectivity index (χ1) is 11.3. The first-order valence-electron chi connectivity index (χ1n) is 7.28. The number of imide groups is 1. The lowest BCUT2D eigenvalue weighted by molar-refractivity contribution is -0.384. The van der Waals surface area contributed by atoms with E-state index in [1.807, 2.05) is 13.8 Å². The van der Waals surface area contributed by atoms with E-state index in [1.165, 1.54) is 18.2 Å². The van der Waals surface area contributed by atoms with Crippen LogP contribution < -0.4 is 4.90 Å². The van der Waals surface area contributed by atoms with Crippen molar-refractivity contribution in [3.63, 3.8) is 0 Å². The maximum atomic E-state index is 12.6. The number of fused-ring (bicyclic) bond motifs is 1. The van der Waals surface area contributed by atoms with Crippen molar-refractivity contribution in [2.75, 3.05) is 4.90 Å². The number of nitrogens with zero attached hydrogens (tertiary/aromatic N) is 2. The predicted molar refractivity (Wildman–Crippen MR) is 92.5 cm³/mol. The first kappa shape index (κ1) is 16.3. The molecule has 2 aromatic carbocycles. The Kier molecular flexibility index (Phi) is 3.96. The van der Waals surface area contributed by atoms with E-state index < -0.39 is 16.7 Å². The summed E-state index contributed by atoms with van der Waals surface area (Å²) in [7, 11) is 0. The molecule has 1 heterocycles. The molecule has 0 fully saturated rings. The predicted octanol–water partition coefficient (Wildman–Crippen LogP) is 4.28. The van der Waals surface area contributed by atoms with Crippen molar-refractivity contribution in [3.05, 3.63) is 67.7 Å². The van der Waals surface area contributed by atoms with Gasteiger partial charge in [-0.05, 0) is 45.6 Å². The van der Waals surface area contributed by atoms with Gasteiger partial charge in [-0.3, -0.25) is 19.7 Å². The number of amides is 2. The van der Waals surface area contributed by atoms with Crippen molar-refractivity contribution in [1.29, 1.82) is 0 Å². The van der Waals surface area contributed by atoms with E-state index in [1.54, 1.807) is 18.2 Å². The van der Waals surface area contributed by atoms with Gasteiger partial charge in [0.15, 0.2) is 0 Å². The summed E-state index contributed by atoms with van der Waals surface area (Å²) in [6, 6.07) is 9.50. The summed E-state index contributed by atoms with van der Waals surface area (Å²) in [5, 5.41) is 11.5. The standard InChI is InChI=1S/C17H13BrN2O4/c1-9(2)10-7-13(18)15(14(8-10)20(23)24)19-16(21)11-5-3-4-6-12(11)17(19)22/h3-9H,1-2H3. The Labute approximate surface area is 146 Å². The van der Waals surface area contributed by atoms with Gasteiger partial charge in [0.1, 0.15) is 5.69 Å². The van der Waals surface area contributed by atoms with Gasteiger partial charge in [0.05, 0.1) is 16.1 Å². The number of carbonyl (C=O) groups is 2. The lowest BCUT2D eigenvalue weighted by Crippen LogP contribution is -2.30. The third kappa shape index (κ3) is 2.41. The summed E-state index contributed by atoms with van der Waals surface area (Å²) in [6.45, 7) is 3.82. The molecule has 0 radical (unpaired) electrons. The Morgan fingerprint density at radius 2 is 1.62 bits per heavy atom. The van der Waals surface area contributed by atoms with Crippen molar-refractivity contribution in [1.82, 2.24) is 0 Å². The zero-order valence-corrected chi connectivity index (χ0v) is 14.5. The number of halogens is 1. The average molecular weight is 389 g/mol. The molecule has 0 spiro atoms. The zero-order chi connectivity index (χ0) is 17.6. The van der Waals surface area contributed by atoms with Gasteiger partial charge in [-0.1, -0.05) is 26.0 Å². The highest BCUT2D eigenvalue weighted by Gasteiger charge is 2.41. The molecule has 7 heteroatoms. The number of benzene rings is 2. The summed E-state index contributed by atoms with van der Waals surface area (Å²) in [6.07, 6.45) is 0. The Hall–Kier alpha value is -2.54. The largest absolute Gasteiger partial charge is 0.294 e. The van der Waals surface area contributed by atoms with Crippen LogP contribution in [0, 0.1) is 10.1 Å². The second kappa shape index (κ2) is 5.83. The van der Waals surface area contributed by atoms with Crippen molar-refractivity contribution in [2.24, 2.45) is 0 Å². The van der Waals surface area contributed by atoms with Crippen molar-refractivity contribution in [2.45, 2.75) is 19.8 Å². The van der Waals surface area contributed by atoms with Crippen LogP contribution in [-0.2, 0) is 0 Å². The number of nitro groups is 1. The van der Waals surface area contributed by atoms with Gasteiger partial charge in [-0.15, -0.1) is 0 Å². The fourth-order valence-corrected chi connectivity index (χ4v) is 3.34. The van der Waals surface area contributed by atoms with Crippen molar-refractivity contribution in [3.8, 4) is 0 Å². The molecule has 3 rings (SSSR count). The smallest absolute Gasteiger partial charge is 0.268 e. The summed E-state index contributed by atoms with van der Waals surface area (Å²) in [4.78, 5) is 37.1. The van der Waals surface area contributed by atoms with E-state index in [0.717, 1.165) is 10.5 Å². The maximum Gasteiger partial charge on any atom is 0.294 e. The van der Waals surface area contributed by atoms with Crippen LogP contribution >= 0.6 is 15.9 Å². The highest BCUT2D eigenvalue weighted by molar-refractivity contribution is 9.10. The number of rotatable bonds is 3. The molecule has 0 saturated heterocycles. The molecule has 0 aromatic heterocycles. The Bertz CT molecular complexity index is 857. The third-order valence-corrected chi connectivity index (χ3v) is 4.55. The number of anilines is 1. The number of hydrogen-bond acceptors (Lipinski definition) is 4. The minimum Gasteiger partial charge on any atom is -0.268 e. The minimum absolute atomic E-state index is 0.0319. The van der Waals surface area contributed by atoms with Crippen LogP contribution in [-0.4, -0.2) is 16.7 Å². The van der Waals surface area contributed by atoms with E-state index in [2.05, 4.69) is 15.9 Å². The van der Waals surface area contributed by atoms with Crippen LogP contribution in [0.2, 0.25) is 0 Å². The number of nitro benzene ring substituents is 1. The van der Waals surface area contributed by atoms with E-state index in [0.29, 0.717) is 4.47 Å². The van der Waals surface area contributed by atoms with Gasteiger partial charge in [0, 0.05) is 10.5 Å². The van der Waals surface area contributed by atoms with E-state index in [9.17, 15) is 19.7 Å². The van der Waals surface area contributed by atoms with Gasteiger partial charge in [-0.2, -0.15) is 0 Å². The van der Waals surface area contributed by atoms with Crippen LogP contribution in [0.25, 0.3) is 0 Å². The summed E-state index contributed by atoms with van der Waals surface area (Å²) in [5.41, 5.74) is 0.931. The zero-order valence-electron chi connectivity index (χ0n) is 12.9. The molecule has 0 unspecified atom stereocenters. The highest BCUT2D eigenvalue weighted by Crippen LogP contribution is 2.42. The van der Waals surface area contributed by atoms with Crippen molar-refractivity contribution >= 4 is 39.1 Å². The average Bonchev–Trinajstić information content (AvgIpc) is 2.78. The molecular weight excluding hydrogens is 376 g/mol. The fraction of sp³-hybridized carbons (Fsp3) is 0.176. The fourth-order valence-electron chi connectivity index (χ4n) is 2.69. The molecule has 6 nitrogen and oxygen atoms in total. The van der Waals surface area contributed by atoms with E-state index in [-0.39, 0.29) is 28.4 Å². The molecule has 2 aromatic rings. The maximum absolute atomic E-state index is 12.6. The SMILES string of the molecule is CC(C)c1cc(Br)c(N2C(=O)c3ccccc3C2=O)c([N+](=O)[O-])c1. The van der Waals surface area contributed by atoms with Crippen molar-refractivity contribution < 1.29 is 14.5 Å². The summed E-state index contributed by atoms with van der Waals surface area (Å²) < 4.78 is 0.343. The van der Waals surface area contributed by atoms with Gasteiger partial charge in [0.25, 0.3) is 17.5 Å². The quantitative estimate of drug-likeness (QED) is 0.446. The molecule has 24 heavy (non-hydrogen) atoms. The molecule has 0 aliphatic carbocycles. The molecule has 122 valence electrons. The van der Waals surface area contributed by atoms with E-state index in [4.69, 9.17) is 0 Å². The molecule has 1 aliphatic rings. The van der Waals surface area contributed by atoms with Gasteiger partial charge >= 0.3 is 0 Å². The normalized spacial score (nSPS) is 13.6. The topological polar surface area (TPSA) is 80.5 Å². The molecule has 0 bridgehead atoms. The summed E-state index contributed by atoms with van der Waals surface area (Å²) in [5.74, 6) is -1.05. The molecule has 0 saturated carbocycles.